The predicted octanol–water partition coefficient (Wildman–Crippen LogP) is 4.41. The number of hydrogen-bond acceptors (Lipinski definition) is 4. The van der Waals surface area contributed by atoms with Crippen molar-refractivity contribution in [1.82, 2.24) is 9.80 Å². The molecular formula is C22H24N2O3. The van der Waals surface area contributed by atoms with Crippen LogP contribution >= 0.6 is 0 Å². The van der Waals surface area contributed by atoms with Gasteiger partial charge < -0.3 is 19.0 Å². The molecule has 0 bridgehead atoms. The van der Waals surface area contributed by atoms with E-state index in [2.05, 4.69) is 29.2 Å². The second kappa shape index (κ2) is 8.56. The summed E-state index contributed by atoms with van der Waals surface area (Å²) in [5.74, 6) is 1.03. The lowest BCUT2D eigenvalue weighted by Crippen LogP contribution is -2.25. The zero-order chi connectivity index (χ0) is 19.2. The number of carbonyl (C=O) groups excluding carboxylic acids is 1. The zero-order valence-corrected chi connectivity index (χ0v) is 15.9. The molecule has 5 nitrogen and oxygen atoms in total. The summed E-state index contributed by atoms with van der Waals surface area (Å²) >= 11 is 0. The molecule has 3 rings (SSSR count). The minimum atomic E-state index is -0.185. The van der Waals surface area contributed by atoms with Crippen LogP contribution in [0.3, 0.4) is 0 Å². The molecule has 0 atom stereocenters. The van der Waals surface area contributed by atoms with Crippen molar-refractivity contribution in [2.24, 2.45) is 0 Å². The van der Waals surface area contributed by atoms with E-state index in [-0.39, 0.29) is 11.7 Å². The van der Waals surface area contributed by atoms with Crippen molar-refractivity contribution in [1.29, 1.82) is 0 Å². The van der Waals surface area contributed by atoms with Gasteiger partial charge in [0, 0.05) is 26.2 Å². The van der Waals surface area contributed by atoms with Gasteiger partial charge in [-0.3, -0.25) is 4.79 Å². The average molecular weight is 364 g/mol. The van der Waals surface area contributed by atoms with Gasteiger partial charge in [-0.25, -0.2) is 0 Å². The van der Waals surface area contributed by atoms with Gasteiger partial charge in [0.25, 0.3) is 11.9 Å². The molecule has 2 aromatic carbocycles. The number of para-hydroxylation sites is 1. The second-order valence-electron chi connectivity index (χ2n) is 6.75. The number of amides is 1. The molecule has 1 amide bonds. The number of nitrogens with zero attached hydrogens (tertiary/aromatic N) is 2. The van der Waals surface area contributed by atoms with Gasteiger partial charge in [-0.15, -0.1) is 0 Å². The molecule has 1 aromatic heterocycles. The highest BCUT2D eigenvalue weighted by Gasteiger charge is 2.17. The van der Waals surface area contributed by atoms with E-state index in [1.807, 2.05) is 44.4 Å². The van der Waals surface area contributed by atoms with Crippen LogP contribution in [0.15, 0.2) is 71.1 Å². The van der Waals surface area contributed by atoms with E-state index in [0.717, 1.165) is 12.1 Å². The summed E-state index contributed by atoms with van der Waals surface area (Å²) in [5.41, 5.74) is 2.31. The van der Waals surface area contributed by atoms with Crippen LogP contribution in [0.5, 0.6) is 11.7 Å². The molecule has 5 heteroatoms. The summed E-state index contributed by atoms with van der Waals surface area (Å²) in [5, 5.41) is 0. The molecule has 1 heterocycles. The molecule has 0 saturated carbocycles. The fourth-order valence-electron chi connectivity index (χ4n) is 2.74. The Kier molecular flexibility index (Phi) is 5.94. The van der Waals surface area contributed by atoms with E-state index < -0.39 is 0 Å². The summed E-state index contributed by atoms with van der Waals surface area (Å²) in [6.45, 7) is 1.41. The Morgan fingerprint density at radius 1 is 0.852 bits per heavy atom. The zero-order valence-electron chi connectivity index (χ0n) is 15.9. The van der Waals surface area contributed by atoms with Crippen LogP contribution < -0.4 is 4.74 Å². The van der Waals surface area contributed by atoms with Crippen LogP contribution in [-0.4, -0.2) is 36.9 Å². The van der Waals surface area contributed by atoms with Crippen LogP contribution in [0, 0.1) is 0 Å². The van der Waals surface area contributed by atoms with E-state index in [9.17, 15) is 4.79 Å². The molecule has 0 fully saturated rings. The first-order valence-electron chi connectivity index (χ1n) is 8.82. The van der Waals surface area contributed by atoms with Gasteiger partial charge in [-0.1, -0.05) is 42.5 Å². The van der Waals surface area contributed by atoms with Crippen LogP contribution in [0.25, 0.3) is 0 Å². The van der Waals surface area contributed by atoms with Crippen LogP contribution in [-0.2, 0) is 13.1 Å². The lowest BCUT2D eigenvalue weighted by Gasteiger charge is -2.16. The van der Waals surface area contributed by atoms with E-state index in [0.29, 0.717) is 18.2 Å². The van der Waals surface area contributed by atoms with Crippen LogP contribution in [0.2, 0.25) is 0 Å². The Hall–Kier alpha value is -3.05. The molecule has 0 aliphatic rings. The summed E-state index contributed by atoms with van der Waals surface area (Å²) < 4.78 is 11.2. The Morgan fingerprint density at radius 3 is 2.11 bits per heavy atom. The monoisotopic (exact) mass is 364 g/mol. The van der Waals surface area contributed by atoms with Gasteiger partial charge >= 0.3 is 0 Å². The summed E-state index contributed by atoms with van der Waals surface area (Å²) in [7, 11) is 5.84. The van der Waals surface area contributed by atoms with Crippen molar-refractivity contribution in [2.45, 2.75) is 13.1 Å². The van der Waals surface area contributed by atoms with Crippen molar-refractivity contribution >= 4 is 5.91 Å². The molecule has 0 aliphatic carbocycles. The smallest absolute Gasteiger partial charge is 0.290 e. The summed E-state index contributed by atoms with van der Waals surface area (Å²) in [6, 6.07) is 20.9. The Bertz CT molecular complexity index is 870. The number of rotatable bonds is 7. The summed E-state index contributed by atoms with van der Waals surface area (Å²) in [4.78, 5) is 16.3. The normalized spacial score (nSPS) is 10.8. The Morgan fingerprint density at radius 2 is 1.48 bits per heavy atom. The third-order valence-electron chi connectivity index (χ3n) is 4.04. The van der Waals surface area contributed by atoms with Crippen molar-refractivity contribution in [3.63, 3.8) is 0 Å². The number of benzene rings is 2. The van der Waals surface area contributed by atoms with Crippen molar-refractivity contribution < 1.29 is 13.9 Å². The average Bonchev–Trinajstić information content (AvgIpc) is 3.11. The molecule has 0 saturated heterocycles. The molecule has 0 aliphatic heterocycles. The quantitative estimate of drug-likeness (QED) is 0.623. The molecule has 0 N–H and O–H groups in total. The highest BCUT2D eigenvalue weighted by molar-refractivity contribution is 5.91. The van der Waals surface area contributed by atoms with Gasteiger partial charge in [0.15, 0.2) is 5.76 Å². The third kappa shape index (κ3) is 5.21. The molecule has 3 aromatic rings. The van der Waals surface area contributed by atoms with Crippen molar-refractivity contribution in [3.05, 3.63) is 83.6 Å². The second-order valence-corrected chi connectivity index (χ2v) is 6.75. The van der Waals surface area contributed by atoms with Gasteiger partial charge in [-0.2, -0.15) is 0 Å². The molecule has 0 spiro atoms. The minimum Gasteiger partial charge on any atom is -0.426 e. The molecule has 0 radical (unpaired) electrons. The van der Waals surface area contributed by atoms with Gasteiger partial charge in [0.1, 0.15) is 5.75 Å². The molecule has 0 unspecified atom stereocenters. The number of ether oxygens (including phenoxy) is 1. The SMILES string of the molecule is CN(C)Cc1ccc(CN(C)C(=O)c2ccc(Oc3ccccc3)o2)cc1. The van der Waals surface area contributed by atoms with Crippen LogP contribution in [0.4, 0.5) is 0 Å². The standard InChI is InChI=1S/C22H24N2O3/c1-23(2)15-17-9-11-18(12-10-17)16-24(3)22(25)20-13-14-21(27-20)26-19-7-5-4-6-8-19/h4-14H,15-16H2,1-3H3. The largest absolute Gasteiger partial charge is 0.426 e. The lowest BCUT2D eigenvalue weighted by atomic mass is 10.1. The fourth-order valence-corrected chi connectivity index (χ4v) is 2.74. The van der Waals surface area contributed by atoms with E-state index in [1.54, 1.807) is 24.1 Å². The van der Waals surface area contributed by atoms with Gasteiger partial charge in [-0.05, 0) is 43.4 Å². The first kappa shape index (κ1) is 18.7. The van der Waals surface area contributed by atoms with Crippen molar-refractivity contribution in [3.8, 4) is 11.7 Å². The number of furan rings is 1. The van der Waals surface area contributed by atoms with E-state index >= 15 is 0 Å². The van der Waals surface area contributed by atoms with Gasteiger partial charge in [0.05, 0.1) is 0 Å². The maximum atomic E-state index is 12.6. The maximum absolute atomic E-state index is 12.6. The molecule has 27 heavy (non-hydrogen) atoms. The highest BCUT2D eigenvalue weighted by Crippen LogP contribution is 2.24. The predicted molar refractivity (Wildman–Crippen MR) is 105 cm³/mol. The van der Waals surface area contributed by atoms with Gasteiger partial charge in [0.2, 0.25) is 0 Å². The number of carbonyl (C=O) groups is 1. The molecule has 140 valence electrons. The first-order valence-corrected chi connectivity index (χ1v) is 8.82. The summed E-state index contributed by atoms with van der Waals surface area (Å²) in [6.07, 6.45) is 0. The third-order valence-corrected chi connectivity index (χ3v) is 4.04. The lowest BCUT2D eigenvalue weighted by molar-refractivity contribution is 0.0748. The fraction of sp³-hybridized carbons (Fsp3) is 0.227. The topological polar surface area (TPSA) is 45.9 Å². The first-order chi connectivity index (χ1) is 13.0. The Balaban J connectivity index is 1.60. The van der Waals surface area contributed by atoms with Crippen LogP contribution in [0.1, 0.15) is 21.7 Å². The Labute approximate surface area is 159 Å². The highest BCUT2D eigenvalue weighted by atomic mass is 16.6. The van der Waals surface area contributed by atoms with E-state index in [4.69, 9.17) is 9.15 Å². The van der Waals surface area contributed by atoms with Crippen molar-refractivity contribution in [2.75, 3.05) is 21.1 Å². The minimum absolute atomic E-state index is 0.185. The number of hydrogen-bond donors (Lipinski definition) is 0. The maximum Gasteiger partial charge on any atom is 0.290 e. The van der Waals surface area contributed by atoms with E-state index in [1.165, 1.54) is 5.56 Å². The molecular weight excluding hydrogens is 340 g/mol.